The monoisotopic (exact) mass is 280 g/mol. The Balaban J connectivity index is 2.93. The summed E-state index contributed by atoms with van der Waals surface area (Å²) in [6, 6.07) is 7.33. The number of hydrogen-bond donors (Lipinski definition) is 1. The van der Waals surface area contributed by atoms with E-state index in [1.165, 1.54) is 0 Å². The Labute approximate surface area is 119 Å². The maximum atomic E-state index is 12.4. The summed E-state index contributed by atoms with van der Waals surface area (Å²) >= 11 is 4.98. The first-order valence-corrected chi connectivity index (χ1v) is 6.63. The molecule has 0 aliphatic heterocycles. The van der Waals surface area contributed by atoms with E-state index in [1.807, 2.05) is 25.1 Å². The number of nitrogens with zero attached hydrogens (tertiary/aromatic N) is 1. The molecule has 1 unspecified atom stereocenters. The van der Waals surface area contributed by atoms with Gasteiger partial charge in [-0.1, -0.05) is 31.6 Å². The first kappa shape index (κ1) is 15.4. The van der Waals surface area contributed by atoms with Crippen LogP contribution in [0.1, 0.15) is 19.8 Å². The topological polar surface area (TPSA) is 55.6 Å². The van der Waals surface area contributed by atoms with E-state index in [0.29, 0.717) is 12.2 Å². The van der Waals surface area contributed by atoms with Gasteiger partial charge in [0.15, 0.2) is 0 Å². The highest BCUT2D eigenvalue weighted by Gasteiger charge is 2.24. The third kappa shape index (κ3) is 3.92. The zero-order valence-corrected chi connectivity index (χ0v) is 12.4. The maximum absolute atomic E-state index is 12.4. The van der Waals surface area contributed by atoms with Crippen molar-refractivity contribution in [3.63, 3.8) is 0 Å². The first-order valence-electron chi connectivity index (χ1n) is 6.22. The molecular weight excluding hydrogens is 260 g/mol. The van der Waals surface area contributed by atoms with Gasteiger partial charge in [0.05, 0.1) is 18.0 Å². The second-order valence-electron chi connectivity index (χ2n) is 4.34. The quantitative estimate of drug-likeness (QED) is 0.813. The Hall–Kier alpha value is -1.62. The van der Waals surface area contributed by atoms with E-state index in [4.69, 9.17) is 22.7 Å². The third-order valence-corrected chi connectivity index (χ3v) is 3.27. The number of methoxy groups -OCH3 is 1. The second-order valence-corrected chi connectivity index (χ2v) is 4.81. The van der Waals surface area contributed by atoms with Crippen LogP contribution in [0.4, 0.5) is 5.69 Å². The van der Waals surface area contributed by atoms with Gasteiger partial charge in [0, 0.05) is 18.8 Å². The van der Waals surface area contributed by atoms with Crippen LogP contribution in [0.15, 0.2) is 24.3 Å². The van der Waals surface area contributed by atoms with Crippen molar-refractivity contribution < 1.29 is 9.53 Å². The average Bonchev–Trinajstić information content (AvgIpc) is 2.42. The average molecular weight is 280 g/mol. The predicted molar refractivity (Wildman–Crippen MR) is 81.6 cm³/mol. The summed E-state index contributed by atoms with van der Waals surface area (Å²) in [5.74, 6) is 0.221. The van der Waals surface area contributed by atoms with Gasteiger partial charge in [-0.2, -0.15) is 0 Å². The Kier molecular flexibility index (Phi) is 5.76. The lowest BCUT2D eigenvalue weighted by Crippen LogP contribution is -2.39. The lowest BCUT2D eigenvalue weighted by Gasteiger charge is -2.23. The van der Waals surface area contributed by atoms with Crippen LogP contribution in [0.5, 0.6) is 5.75 Å². The molecule has 0 saturated heterocycles. The van der Waals surface area contributed by atoms with Crippen LogP contribution in [0, 0.1) is 5.92 Å². The van der Waals surface area contributed by atoms with Gasteiger partial charge in [-0.25, -0.2) is 0 Å². The lowest BCUT2D eigenvalue weighted by molar-refractivity contribution is -0.120. The van der Waals surface area contributed by atoms with Gasteiger partial charge in [-0.05, 0) is 18.6 Å². The molecule has 0 saturated carbocycles. The molecule has 1 aromatic rings. The van der Waals surface area contributed by atoms with Crippen molar-refractivity contribution in [2.75, 3.05) is 19.1 Å². The maximum Gasteiger partial charge on any atom is 0.236 e. The Morgan fingerprint density at radius 3 is 2.74 bits per heavy atom. The molecular formula is C14H20N2O2S. The molecule has 1 aromatic carbocycles. The SMILES string of the molecule is CCCC(C(=O)N(C)c1cccc(OC)c1)C(N)=S. The molecule has 1 rings (SSSR count). The summed E-state index contributed by atoms with van der Waals surface area (Å²) in [6.45, 7) is 2.00. The van der Waals surface area contributed by atoms with Crippen LogP contribution < -0.4 is 15.4 Å². The lowest BCUT2D eigenvalue weighted by atomic mass is 10.0. The van der Waals surface area contributed by atoms with E-state index >= 15 is 0 Å². The van der Waals surface area contributed by atoms with E-state index in [-0.39, 0.29) is 10.9 Å². The van der Waals surface area contributed by atoms with Crippen LogP contribution in [0.25, 0.3) is 0 Å². The summed E-state index contributed by atoms with van der Waals surface area (Å²) in [5.41, 5.74) is 6.42. The van der Waals surface area contributed by atoms with E-state index in [9.17, 15) is 4.79 Å². The van der Waals surface area contributed by atoms with Crippen molar-refractivity contribution in [2.45, 2.75) is 19.8 Å². The highest BCUT2D eigenvalue weighted by Crippen LogP contribution is 2.22. The standard InChI is InChI=1S/C14H20N2O2S/c1-4-6-12(13(15)19)14(17)16(2)10-7-5-8-11(9-10)18-3/h5,7-9,12H,4,6H2,1-3H3,(H2,15,19). The van der Waals surface area contributed by atoms with Crippen LogP contribution in [0.3, 0.4) is 0 Å². The summed E-state index contributed by atoms with van der Waals surface area (Å²) in [7, 11) is 3.31. The van der Waals surface area contributed by atoms with Crippen molar-refractivity contribution in [3.8, 4) is 5.75 Å². The molecule has 0 heterocycles. The molecule has 104 valence electrons. The van der Waals surface area contributed by atoms with Crippen molar-refractivity contribution in [2.24, 2.45) is 11.7 Å². The summed E-state index contributed by atoms with van der Waals surface area (Å²) in [4.78, 5) is 14.2. The second kappa shape index (κ2) is 7.09. The Morgan fingerprint density at radius 2 is 2.21 bits per heavy atom. The normalized spacial score (nSPS) is 11.7. The number of benzene rings is 1. The van der Waals surface area contributed by atoms with Gasteiger partial charge in [-0.15, -0.1) is 0 Å². The number of amides is 1. The van der Waals surface area contributed by atoms with Crippen molar-refractivity contribution >= 4 is 28.8 Å². The Morgan fingerprint density at radius 1 is 1.53 bits per heavy atom. The molecule has 5 heteroatoms. The molecule has 19 heavy (non-hydrogen) atoms. The molecule has 0 radical (unpaired) electrons. The fourth-order valence-electron chi connectivity index (χ4n) is 1.86. The highest BCUT2D eigenvalue weighted by atomic mass is 32.1. The number of carbonyl (C=O) groups excluding carboxylic acids is 1. The van der Waals surface area contributed by atoms with Crippen LogP contribution in [-0.2, 0) is 4.79 Å². The number of anilines is 1. The largest absolute Gasteiger partial charge is 0.497 e. The molecule has 2 N–H and O–H groups in total. The van der Waals surface area contributed by atoms with Gasteiger partial charge in [-0.3, -0.25) is 4.79 Å². The van der Waals surface area contributed by atoms with Crippen LogP contribution >= 0.6 is 12.2 Å². The molecule has 4 nitrogen and oxygen atoms in total. The number of rotatable bonds is 6. The molecule has 1 atom stereocenters. The summed E-state index contributed by atoms with van der Waals surface area (Å²) in [6.07, 6.45) is 1.53. The zero-order valence-electron chi connectivity index (χ0n) is 11.6. The molecule has 0 aliphatic rings. The van der Waals surface area contributed by atoms with Gasteiger partial charge in [0.2, 0.25) is 5.91 Å². The van der Waals surface area contributed by atoms with Crippen molar-refractivity contribution in [1.29, 1.82) is 0 Å². The molecule has 0 fully saturated rings. The number of carbonyl (C=O) groups is 1. The van der Waals surface area contributed by atoms with E-state index in [0.717, 1.165) is 12.1 Å². The number of nitrogens with two attached hydrogens (primary N) is 1. The first-order chi connectivity index (χ1) is 9.01. The summed E-state index contributed by atoms with van der Waals surface area (Å²) < 4.78 is 5.15. The van der Waals surface area contributed by atoms with Gasteiger partial charge in [0.25, 0.3) is 0 Å². The van der Waals surface area contributed by atoms with Gasteiger partial charge >= 0.3 is 0 Å². The Bertz CT molecular complexity index is 463. The minimum atomic E-state index is -0.406. The van der Waals surface area contributed by atoms with Crippen molar-refractivity contribution in [1.82, 2.24) is 0 Å². The minimum absolute atomic E-state index is 0.0809. The van der Waals surface area contributed by atoms with Crippen molar-refractivity contribution in [3.05, 3.63) is 24.3 Å². The van der Waals surface area contributed by atoms with Crippen LogP contribution in [0.2, 0.25) is 0 Å². The van der Waals surface area contributed by atoms with E-state index < -0.39 is 5.92 Å². The number of thiocarbonyl (C=S) groups is 1. The minimum Gasteiger partial charge on any atom is -0.497 e. The summed E-state index contributed by atoms with van der Waals surface area (Å²) in [5, 5.41) is 0. The van der Waals surface area contributed by atoms with Gasteiger partial charge in [0.1, 0.15) is 5.75 Å². The van der Waals surface area contributed by atoms with E-state index in [2.05, 4.69) is 0 Å². The zero-order chi connectivity index (χ0) is 14.4. The van der Waals surface area contributed by atoms with Crippen LogP contribution in [-0.4, -0.2) is 25.1 Å². The van der Waals surface area contributed by atoms with E-state index in [1.54, 1.807) is 25.1 Å². The fraction of sp³-hybridized carbons (Fsp3) is 0.429. The van der Waals surface area contributed by atoms with Gasteiger partial charge < -0.3 is 15.4 Å². The molecule has 0 aliphatic carbocycles. The molecule has 1 amide bonds. The molecule has 0 aromatic heterocycles. The molecule has 0 spiro atoms. The number of hydrogen-bond acceptors (Lipinski definition) is 3. The third-order valence-electron chi connectivity index (χ3n) is 2.99. The predicted octanol–water partition coefficient (Wildman–Crippen LogP) is 2.36. The number of ether oxygens (including phenoxy) is 1. The highest BCUT2D eigenvalue weighted by molar-refractivity contribution is 7.80. The smallest absolute Gasteiger partial charge is 0.236 e. The molecule has 0 bridgehead atoms. The fourth-order valence-corrected chi connectivity index (χ4v) is 2.07.